The molecule has 1 amide bonds. The molecule has 1 aromatic carbocycles. The molecule has 0 saturated carbocycles. The van der Waals surface area contributed by atoms with Gasteiger partial charge in [0.25, 0.3) is 5.91 Å². The van der Waals surface area contributed by atoms with Crippen LogP contribution in [0.3, 0.4) is 0 Å². The summed E-state index contributed by atoms with van der Waals surface area (Å²) >= 11 is 0. The lowest BCUT2D eigenvalue weighted by Crippen LogP contribution is -2.65. The highest BCUT2D eigenvalue weighted by atomic mass is 16.3. The van der Waals surface area contributed by atoms with E-state index in [9.17, 15) is 20.1 Å². The van der Waals surface area contributed by atoms with Gasteiger partial charge < -0.3 is 20.6 Å². The second kappa shape index (κ2) is 5.73. The van der Waals surface area contributed by atoms with Crippen molar-refractivity contribution < 1.29 is 20.1 Å². The van der Waals surface area contributed by atoms with Crippen molar-refractivity contribution in [2.75, 3.05) is 13.1 Å². The molecule has 2 aliphatic heterocycles. The molecule has 0 radical (unpaired) electrons. The maximum atomic E-state index is 12.1. The van der Waals surface area contributed by atoms with Gasteiger partial charge in [-0.1, -0.05) is 18.2 Å². The van der Waals surface area contributed by atoms with E-state index in [1.165, 1.54) is 0 Å². The van der Waals surface area contributed by atoms with Crippen LogP contribution in [-0.4, -0.2) is 69.6 Å². The van der Waals surface area contributed by atoms with Crippen molar-refractivity contribution in [1.29, 1.82) is 0 Å². The molecule has 5 atom stereocenters. The highest BCUT2D eigenvalue weighted by Crippen LogP contribution is 2.28. The zero-order valence-corrected chi connectivity index (χ0v) is 11.6. The largest absolute Gasteiger partial charge is 0.391 e. The van der Waals surface area contributed by atoms with Crippen molar-refractivity contribution in [3.63, 3.8) is 0 Å². The summed E-state index contributed by atoms with van der Waals surface area (Å²) in [6.45, 7) is 1.09. The van der Waals surface area contributed by atoms with Crippen LogP contribution < -0.4 is 5.32 Å². The number of fused-ring (bicyclic) bond motifs is 1. The fourth-order valence-electron chi connectivity index (χ4n) is 3.29. The SMILES string of the molecule is O=C(N[C@H]1CN2CC[C@H](O)C2[C@@H](O)[C@@H]1O)c1ccccc1. The van der Waals surface area contributed by atoms with Crippen LogP contribution in [0.15, 0.2) is 30.3 Å². The first-order valence-electron chi connectivity index (χ1n) is 7.22. The number of benzene rings is 1. The highest BCUT2D eigenvalue weighted by molar-refractivity contribution is 5.94. The van der Waals surface area contributed by atoms with Gasteiger partial charge in [-0.15, -0.1) is 0 Å². The maximum Gasteiger partial charge on any atom is 0.251 e. The summed E-state index contributed by atoms with van der Waals surface area (Å²) in [7, 11) is 0. The minimum Gasteiger partial charge on any atom is -0.391 e. The molecule has 4 N–H and O–H groups in total. The number of rotatable bonds is 2. The number of aliphatic hydroxyl groups excluding tert-OH is 3. The summed E-state index contributed by atoms with van der Waals surface area (Å²) in [5.41, 5.74) is 0.516. The molecular formula is C15H20N2O4. The van der Waals surface area contributed by atoms with Crippen molar-refractivity contribution in [1.82, 2.24) is 10.2 Å². The van der Waals surface area contributed by atoms with Gasteiger partial charge in [-0.3, -0.25) is 9.69 Å². The van der Waals surface area contributed by atoms with Gasteiger partial charge in [-0.05, 0) is 18.6 Å². The lowest BCUT2D eigenvalue weighted by molar-refractivity contribution is -0.0995. The van der Waals surface area contributed by atoms with Crippen LogP contribution >= 0.6 is 0 Å². The van der Waals surface area contributed by atoms with E-state index in [1.807, 2.05) is 11.0 Å². The third-order valence-electron chi connectivity index (χ3n) is 4.42. The molecule has 0 aliphatic carbocycles. The molecular weight excluding hydrogens is 272 g/mol. The molecule has 114 valence electrons. The van der Waals surface area contributed by atoms with Crippen LogP contribution in [0.1, 0.15) is 16.8 Å². The second-order valence-electron chi connectivity index (χ2n) is 5.77. The molecule has 6 heteroatoms. The topological polar surface area (TPSA) is 93.0 Å². The Morgan fingerprint density at radius 2 is 1.86 bits per heavy atom. The van der Waals surface area contributed by atoms with Crippen molar-refractivity contribution in [2.24, 2.45) is 0 Å². The zero-order valence-electron chi connectivity index (χ0n) is 11.6. The first-order chi connectivity index (χ1) is 10.1. The standard InChI is InChI=1S/C15H20N2O4/c18-11-6-7-17-8-10(13(19)14(20)12(11)17)16-15(21)9-4-2-1-3-5-9/h1-5,10-14,18-20H,6-8H2,(H,16,21)/t10-,11-,12?,13+,14+/m0/s1. The number of hydrogen-bond acceptors (Lipinski definition) is 5. The average molecular weight is 292 g/mol. The van der Waals surface area contributed by atoms with Gasteiger partial charge in [-0.2, -0.15) is 0 Å². The normalized spacial score (nSPS) is 36.2. The van der Waals surface area contributed by atoms with E-state index in [2.05, 4.69) is 5.32 Å². The predicted molar refractivity (Wildman–Crippen MR) is 75.7 cm³/mol. The molecule has 21 heavy (non-hydrogen) atoms. The molecule has 2 heterocycles. The monoisotopic (exact) mass is 292 g/mol. The lowest BCUT2D eigenvalue weighted by atomic mass is 9.91. The van der Waals surface area contributed by atoms with Gasteiger partial charge in [0.2, 0.25) is 0 Å². The quantitative estimate of drug-likeness (QED) is 0.558. The Hall–Kier alpha value is -1.47. The van der Waals surface area contributed by atoms with Crippen LogP contribution in [0.25, 0.3) is 0 Å². The molecule has 3 rings (SSSR count). The van der Waals surface area contributed by atoms with E-state index in [0.29, 0.717) is 25.1 Å². The van der Waals surface area contributed by atoms with E-state index >= 15 is 0 Å². The van der Waals surface area contributed by atoms with Gasteiger partial charge in [0, 0.05) is 18.7 Å². The van der Waals surface area contributed by atoms with E-state index in [0.717, 1.165) is 0 Å². The number of hydrogen-bond donors (Lipinski definition) is 4. The second-order valence-corrected chi connectivity index (χ2v) is 5.77. The number of amides is 1. The first-order valence-corrected chi connectivity index (χ1v) is 7.22. The summed E-state index contributed by atoms with van der Waals surface area (Å²) in [6.07, 6.45) is -2.18. The Kier molecular flexibility index (Phi) is 3.95. The molecule has 0 bridgehead atoms. The lowest BCUT2D eigenvalue weighted by Gasteiger charge is -2.43. The number of nitrogens with one attached hydrogen (secondary N) is 1. The number of piperidine rings is 1. The van der Waals surface area contributed by atoms with Crippen LogP contribution in [-0.2, 0) is 0 Å². The van der Waals surface area contributed by atoms with E-state index in [1.54, 1.807) is 24.3 Å². The molecule has 2 aliphatic rings. The van der Waals surface area contributed by atoms with Gasteiger partial charge >= 0.3 is 0 Å². The minimum atomic E-state index is -1.08. The fourth-order valence-corrected chi connectivity index (χ4v) is 3.29. The molecule has 1 unspecified atom stereocenters. The fraction of sp³-hybridized carbons (Fsp3) is 0.533. The average Bonchev–Trinajstić information content (AvgIpc) is 2.86. The third-order valence-corrected chi connectivity index (χ3v) is 4.42. The van der Waals surface area contributed by atoms with E-state index in [-0.39, 0.29) is 5.91 Å². The number of aliphatic hydroxyl groups is 3. The van der Waals surface area contributed by atoms with Crippen LogP contribution in [0.2, 0.25) is 0 Å². The van der Waals surface area contributed by atoms with Crippen molar-refractivity contribution in [3.8, 4) is 0 Å². The molecule has 0 spiro atoms. The summed E-state index contributed by atoms with van der Waals surface area (Å²) < 4.78 is 0. The first kappa shape index (κ1) is 14.5. The Bertz CT molecular complexity index is 510. The molecule has 6 nitrogen and oxygen atoms in total. The highest BCUT2D eigenvalue weighted by Gasteiger charge is 2.48. The van der Waals surface area contributed by atoms with Gasteiger partial charge in [-0.25, -0.2) is 0 Å². The van der Waals surface area contributed by atoms with E-state index < -0.39 is 30.4 Å². The van der Waals surface area contributed by atoms with Crippen LogP contribution in [0.4, 0.5) is 0 Å². The van der Waals surface area contributed by atoms with Crippen LogP contribution in [0, 0.1) is 0 Å². The van der Waals surface area contributed by atoms with Gasteiger partial charge in [0.05, 0.1) is 24.3 Å². The summed E-state index contributed by atoms with van der Waals surface area (Å²) in [5, 5.41) is 33.0. The number of nitrogens with zero attached hydrogens (tertiary/aromatic N) is 1. The van der Waals surface area contributed by atoms with Crippen LogP contribution in [0.5, 0.6) is 0 Å². The van der Waals surface area contributed by atoms with E-state index in [4.69, 9.17) is 0 Å². The maximum absolute atomic E-state index is 12.1. The predicted octanol–water partition coefficient (Wildman–Crippen LogP) is -1.04. The Balaban J connectivity index is 1.70. The summed E-state index contributed by atoms with van der Waals surface area (Å²) in [6, 6.07) is 7.78. The smallest absolute Gasteiger partial charge is 0.251 e. The zero-order chi connectivity index (χ0) is 15.0. The van der Waals surface area contributed by atoms with Crippen molar-refractivity contribution in [2.45, 2.75) is 36.8 Å². The van der Waals surface area contributed by atoms with Crippen molar-refractivity contribution >= 4 is 5.91 Å². The Labute approximate surface area is 123 Å². The van der Waals surface area contributed by atoms with Gasteiger partial charge in [0.1, 0.15) is 6.10 Å². The Morgan fingerprint density at radius 1 is 1.14 bits per heavy atom. The number of carbonyl (C=O) groups is 1. The Morgan fingerprint density at radius 3 is 2.57 bits per heavy atom. The number of carbonyl (C=O) groups excluding carboxylic acids is 1. The summed E-state index contributed by atoms with van der Waals surface area (Å²) in [5.74, 6) is -0.273. The molecule has 0 aromatic heterocycles. The molecule has 2 saturated heterocycles. The van der Waals surface area contributed by atoms with Crippen molar-refractivity contribution in [3.05, 3.63) is 35.9 Å². The third kappa shape index (κ3) is 2.67. The molecule has 1 aromatic rings. The van der Waals surface area contributed by atoms with Gasteiger partial charge in [0.15, 0.2) is 0 Å². The summed E-state index contributed by atoms with van der Waals surface area (Å²) in [4.78, 5) is 14.1. The molecule has 2 fully saturated rings. The minimum absolute atomic E-state index is 0.273.